The van der Waals surface area contributed by atoms with Gasteiger partial charge in [-0.2, -0.15) is 0 Å². The number of ketones is 1. The monoisotopic (exact) mass is 578 g/mol. The standard InChI is InChI=1S/C30H31N2O5.BrH/c33-25(23-11-12-26-27(17-23)36-20-35-26)18-32-15-13-21(14-16-32)28(19-32)37-30(34)29(22-7-3-1-4-8-22)31-24-9-5-2-6-10-24;/h1-12,17,21,28-29,31H,13-16,18-20H2;1H/q+1;/p-1. The number of carbonyl (C=O) groups excluding carboxylic acids is 2. The number of Topliss-reactive ketones (excluding diaryl/α,β-unsaturated/α-hetero) is 1. The van der Waals surface area contributed by atoms with Crippen molar-refractivity contribution in [2.24, 2.45) is 5.92 Å². The van der Waals surface area contributed by atoms with Crippen molar-refractivity contribution in [2.75, 3.05) is 38.3 Å². The van der Waals surface area contributed by atoms with Crippen molar-refractivity contribution in [1.29, 1.82) is 0 Å². The number of rotatable bonds is 8. The van der Waals surface area contributed by atoms with E-state index in [2.05, 4.69) is 5.32 Å². The summed E-state index contributed by atoms with van der Waals surface area (Å²) in [5.41, 5.74) is 2.36. The summed E-state index contributed by atoms with van der Waals surface area (Å²) in [6, 6.07) is 24.2. The van der Waals surface area contributed by atoms with Crippen LogP contribution in [0.15, 0.2) is 78.9 Å². The third-order valence-electron chi connectivity index (χ3n) is 7.94. The van der Waals surface area contributed by atoms with Gasteiger partial charge in [-0.05, 0) is 35.9 Å². The molecule has 0 amide bonds. The molecule has 3 saturated heterocycles. The van der Waals surface area contributed by atoms with Gasteiger partial charge in [0.25, 0.3) is 0 Å². The molecular formula is C30H31BrN2O5. The molecule has 198 valence electrons. The molecule has 0 spiro atoms. The first kappa shape index (κ1) is 26.3. The van der Waals surface area contributed by atoms with Crippen LogP contribution >= 0.6 is 0 Å². The number of hydrogen-bond donors (Lipinski definition) is 1. The Morgan fingerprint density at radius 1 is 0.921 bits per heavy atom. The molecule has 38 heavy (non-hydrogen) atoms. The predicted molar refractivity (Wildman–Crippen MR) is 138 cm³/mol. The molecular weight excluding hydrogens is 548 g/mol. The van der Waals surface area contributed by atoms with E-state index < -0.39 is 6.04 Å². The summed E-state index contributed by atoms with van der Waals surface area (Å²) >= 11 is 0. The van der Waals surface area contributed by atoms with Gasteiger partial charge in [0.05, 0.1) is 13.1 Å². The minimum Gasteiger partial charge on any atom is -1.00 e. The van der Waals surface area contributed by atoms with E-state index in [-0.39, 0.29) is 41.6 Å². The topological polar surface area (TPSA) is 73.9 Å². The Labute approximate surface area is 233 Å². The second-order valence-electron chi connectivity index (χ2n) is 10.3. The third kappa shape index (κ3) is 5.42. The van der Waals surface area contributed by atoms with E-state index in [1.54, 1.807) is 12.1 Å². The second-order valence-corrected chi connectivity index (χ2v) is 10.3. The highest BCUT2D eigenvalue weighted by molar-refractivity contribution is 5.97. The van der Waals surface area contributed by atoms with Crippen LogP contribution in [0.2, 0.25) is 0 Å². The highest BCUT2D eigenvalue weighted by atomic mass is 79.9. The fourth-order valence-corrected chi connectivity index (χ4v) is 5.88. The fourth-order valence-electron chi connectivity index (χ4n) is 5.88. The van der Waals surface area contributed by atoms with Crippen molar-refractivity contribution in [1.82, 2.24) is 0 Å². The number of quaternary nitrogens is 1. The van der Waals surface area contributed by atoms with E-state index in [9.17, 15) is 9.59 Å². The number of fused-ring (bicyclic) bond motifs is 4. The number of esters is 1. The van der Waals surface area contributed by atoms with Crippen molar-refractivity contribution in [2.45, 2.75) is 25.0 Å². The zero-order valence-electron chi connectivity index (χ0n) is 21.1. The molecule has 2 bridgehead atoms. The van der Waals surface area contributed by atoms with Crippen molar-refractivity contribution < 1.29 is 45.3 Å². The van der Waals surface area contributed by atoms with Crippen LogP contribution in [0.3, 0.4) is 0 Å². The molecule has 3 aromatic rings. The van der Waals surface area contributed by atoms with Crippen LogP contribution in [0.4, 0.5) is 5.69 Å². The first-order valence-corrected chi connectivity index (χ1v) is 12.9. The van der Waals surface area contributed by atoms with E-state index in [0.29, 0.717) is 40.6 Å². The summed E-state index contributed by atoms with van der Waals surface area (Å²) in [7, 11) is 0. The number of anilines is 1. The average molecular weight is 579 g/mol. The normalized spacial score (nSPS) is 23.7. The first-order valence-electron chi connectivity index (χ1n) is 12.9. The van der Waals surface area contributed by atoms with Gasteiger partial charge in [0, 0.05) is 30.0 Å². The van der Waals surface area contributed by atoms with Crippen LogP contribution < -0.4 is 31.8 Å². The predicted octanol–water partition coefficient (Wildman–Crippen LogP) is 1.61. The Hall–Kier alpha value is -3.36. The van der Waals surface area contributed by atoms with Gasteiger partial charge in [-0.25, -0.2) is 4.79 Å². The molecule has 7 nitrogen and oxygen atoms in total. The van der Waals surface area contributed by atoms with Crippen LogP contribution in [-0.2, 0) is 9.53 Å². The van der Waals surface area contributed by atoms with Gasteiger partial charge in [-0.3, -0.25) is 4.79 Å². The maximum atomic E-state index is 13.6. The molecule has 2 unspecified atom stereocenters. The van der Waals surface area contributed by atoms with E-state index in [0.717, 1.165) is 37.2 Å². The number of halogens is 1. The van der Waals surface area contributed by atoms with Crippen molar-refractivity contribution in [3.05, 3.63) is 90.0 Å². The van der Waals surface area contributed by atoms with Gasteiger partial charge in [0.2, 0.25) is 12.6 Å². The lowest BCUT2D eigenvalue weighted by molar-refractivity contribution is -0.938. The maximum absolute atomic E-state index is 13.6. The zero-order valence-corrected chi connectivity index (χ0v) is 22.6. The van der Waals surface area contributed by atoms with E-state index in [4.69, 9.17) is 14.2 Å². The number of para-hydroxylation sites is 1. The molecule has 4 aliphatic heterocycles. The van der Waals surface area contributed by atoms with Gasteiger partial charge in [-0.15, -0.1) is 0 Å². The molecule has 0 radical (unpaired) electrons. The number of nitrogens with zero attached hydrogens (tertiary/aromatic N) is 1. The number of hydrogen-bond acceptors (Lipinski definition) is 6. The number of piperidine rings is 3. The summed E-state index contributed by atoms with van der Waals surface area (Å²) < 4.78 is 17.7. The lowest BCUT2D eigenvalue weighted by Crippen LogP contribution is -3.00. The highest BCUT2D eigenvalue weighted by Gasteiger charge is 2.49. The van der Waals surface area contributed by atoms with E-state index in [1.165, 1.54) is 0 Å². The maximum Gasteiger partial charge on any atom is 0.333 e. The molecule has 4 heterocycles. The van der Waals surface area contributed by atoms with Crippen molar-refractivity contribution in [3.63, 3.8) is 0 Å². The molecule has 0 aliphatic carbocycles. The summed E-state index contributed by atoms with van der Waals surface area (Å²) in [6.45, 7) is 3.10. The first-order chi connectivity index (χ1) is 18.1. The van der Waals surface area contributed by atoms with Crippen molar-refractivity contribution in [3.8, 4) is 11.5 Å². The smallest absolute Gasteiger partial charge is 0.333 e. The Balaban J connectivity index is 0.00000294. The van der Waals surface area contributed by atoms with Gasteiger partial charge in [-0.1, -0.05) is 48.5 Å². The molecule has 0 saturated carbocycles. The lowest BCUT2D eigenvalue weighted by atomic mass is 9.82. The van der Waals surface area contributed by atoms with Crippen molar-refractivity contribution >= 4 is 17.4 Å². The summed E-state index contributed by atoms with van der Waals surface area (Å²) in [4.78, 5) is 26.9. The number of benzene rings is 3. The second kappa shape index (κ2) is 11.2. The Morgan fingerprint density at radius 2 is 1.61 bits per heavy atom. The van der Waals surface area contributed by atoms with Crippen LogP contribution in [-0.4, -0.2) is 55.3 Å². The van der Waals surface area contributed by atoms with E-state index in [1.807, 2.05) is 66.7 Å². The fraction of sp³-hybridized carbons (Fsp3) is 0.333. The largest absolute Gasteiger partial charge is 1.00 e. The number of carbonyl (C=O) groups is 2. The van der Waals surface area contributed by atoms with Gasteiger partial charge < -0.3 is 41.0 Å². The summed E-state index contributed by atoms with van der Waals surface area (Å²) in [5.74, 6) is 1.42. The van der Waals surface area contributed by atoms with Crippen LogP contribution in [0.5, 0.6) is 11.5 Å². The molecule has 7 rings (SSSR count). The Morgan fingerprint density at radius 3 is 2.34 bits per heavy atom. The van der Waals surface area contributed by atoms with Gasteiger partial charge >= 0.3 is 5.97 Å². The Kier molecular flexibility index (Phi) is 7.72. The highest BCUT2D eigenvalue weighted by Crippen LogP contribution is 2.38. The van der Waals surface area contributed by atoms with Gasteiger partial charge in [0.15, 0.2) is 23.6 Å². The molecule has 4 aliphatic rings. The average Bonchev–Trinajstić information content (AvgIpc) is 3.41. The molecule has 3 fully saturated rings. The minimum atomic E-state index is -0.609. The molecule has 1 N–H and O–H groups in total. The number of nitrogens with one attached hydrogen (secondary N) is 1. The molecule has 2 atom stereocenters. The van der Waals surface area contributed by atoms with Crippen LogP contribution in [0, 0.1) is 5.92 Å². The summed E-state index contributed by atoms with van der Waals surface area (Å²) in [6.07, 6.45) is 1.70. The minimum absolute atomic E-state index is 0. The van der Waals surface area contributed by atoms with Crippen LogP contribution in [0.25, 0.3) is 0 Å². The quantitative estimate of drug-likeness (QED) is 0.249. The molecule has 0 aromatic heterocycles. The SMILES string of the molecule is O=C(C[N+]12CCC(CC1)C(OC(=O)C(Nc1ccccc1)c1ccccc1)C2)c1ccc2c(c1)OCO2.[Br-]. The summed E-state index contributed by atoms with van der Waals surface area (Å²) in [5, 5.41) is 3.36. The third-order valence-corrected chi connectivity index (χ3v) is 7.94. The van der Waals surface area contributed by atoms with Gasteiger partial charge in [0.1, 0.15) is 13.1 Å². The zero-order chi connectivity index (χ0) is 25.2. The van der Waals surface area contributed by atoms with Crippen LogP contribution in [0.1, 0.15) is 34.8 Å². The Bertz CT molecular complexity index is 1280. The van der Waals surface area contributed by atoms with E-state index >= 15 is 0 Å². The molecule has 8 heteroatoms. The molecule has 3 aromatic carbocycles. The lowest BCUT2D eigenvalue weighted by Gasteiger charge is -2.51. The number of ether oxygens (including phenoxy) is 3.